The van der Waals surface area contributed by atoms with Crippen molar-refractivity contribution in [2.24, 2.45) is 5.73 Å². The lowest BCUT2D eigenvalue weighted by molar-refractivity contribution is 0.476. The molecule has 4 heteroatoms. The zero-order valence-electron chi connectivity index (χ0n) is 8.07. The Kier molecular flexibility index (Phi) is 2.13. The van der Waals surface area contributed by atoms with E-state index in [0.29, 0.717) is 13.1 Å². The molecule has 0 aliphatic heterocycles. The lowest BCUT2D eigenvalue weighted by Crippen LogP contribution is -2.10. The quantitative estimate of drug-likeness (QED) is 0.744. The molecular weight excluding hydrogens is 178 g/mol. The zero-order chi connectivity index (χ0) is 10.1. The molecule has 0 spiro atoms. The van der Waals surface area contributed by atoms with Crippen LogP contribution in [0.2, 0.25) is 0 Å². The number of hydrogen-bond acceptors (Lipinski definition) is 3. The maximum atomic E-state index is 9.33. The van der Waals surface area contributed by atoms with Crippen LogP contribution in [0.4, 0.5) is 0 Å². The molecule has 1 heterocycles. The number of fused-ring (bicyclic) bond motifs is 1. The van der Waals surface area contributed by atoms with Crippen LogP contribution in [0.3, 0.4) is 0 Å². The van der Waals surface area contributed by atoms with Crippen LogP contribution in [-0.2, 0) is 6.54 Å². The maximum Gasteiger partial charge on any atom is 0.116 e. The SMILES string of the molecule is Cc1nn(CCN)c2ccc(O)cc12. The van der Waals surface area contributed by atoms with Crippen LogP contribution in [0, 0.1) is 6.92 Å². The molecule has 14 heavy (non-hydrogen) atoms. The lowest BCUT2D eigenvalue weighted by atomic mass is 10.2. The topological polar surface area (TPSA) is 64.1 Å². The van der Waals surface area contributed by atoms with Crippen molar-refractivity contribution in [1.82, 2.24) is 9.78 Å². The van der Waals surface area contributed by atoms with Gasteiger partial charge in [0.25, 0.3) is 0 Å². The van der Waals surface area contributed by atoms with Crippen LogP contribution in [0.1, 0.15) is 5.69 Å². The van der Waals surface area contributed by atoms with Crippen molar-refractivity contribution in [2.75, 3.05) is 6.54 Å². The molecule has 0 aliphatic carbocycles. The molecular formula is C10H13N3O. The summed E-state index contributed by atoms with van der Waals surface area (Å²) in [5, 5.41) is 14.7. The number of aromatic hydroxyl groups is 1. The van der Waals surface area contributed by atoms with E-state index in [9.17, 15) is 5.11 Å². The molecule has 0 unspecified atom stereocenters. The van der Waals surface area contributed by atoms with Crippen molar-refractivity contribution in [3.63, 3.8) is 0 Å². The zero-order valence-corrected chi connectivity index (χ0v) is 8.07. The predicted octanol–water partition coefficient (Wildman–Crippen LogP) is 1.01. The molecule has 0 bridgehead atoms. The monoisotopic (exact) mass is 191 g/mol. The molecule has 0 saturated heterocycles. The predicted molar refractivity (Wildman–Crippen MR) is 55.2 cm³/mol. The first kappa shape index (κ1) is 9.02. The summed E-state index contributed by atoms with van der Waals surface area (Å²) in [5.74, 6) is 0.271. The molecule has 0 radical (unpaired) electrons. The molecule has 1 aromatic carbocycles. The minimum Gasteiger partial charge on any atom is -0.508 e. The molecule has 74 valence electrons. The van der Waals surface area contributed by atoms with Gasteiger partial charge in [-0.1, -0.05) is 0 Å². The minimum absolute atomic E-state index is 0.271. The highest BCUT2D eigenvalue weighted by Crippen LogP contribution is 2.22. The normalized spacial score (nSPS) is 11.0. The van der Waals surface area contributed by atoms with Crippen LogP contribution in [-0.4, -0.2) is 21.4 Å². The van der Waals surface area contributed by atoms with E-state index >= 15 is 0 Å². The van der Waals surface area contributed by atoms with Crippen LogP contribution in [0.15, 0.2) is 18.2 Å². The van der Waals surface area contributed by atoms with E-state index in [1.54, 1.807) is 12.1 Å². The Balaban J connectivity index is 2.65. The van der Waals surface area contributed by atoms with Crippen molar-refractivity contribution >= 4 is 10.9 Å². The van der Waals surface area contributed by atoms with Gasteiger partial charge in [-0.05, 0) is 25.1 Å². The molecule has 0 amide bonds. The van der Waals surface area contributed by atoms with Gasteiger partial charge in [-0.3, -0.25) is 4.68 Å². The molecule has 0 saturated carbocycles. The third-order valence-electron chi connectivity index (χ3n) is 2.26. The molecule has 2 aromatic rings. The van der Waals surface area contributed by atoms with Gasteiger partial charge in [-0.15, -0.1) is 0 Å². The summed E-state index contributed by atoms with van der Waals surface area (Å²) in [4.78, 5) is 0. The lowest BCUT2D eigenvalue weighted by Gasteiger charge is -1.99. The van der Waals surface area contributed by atoms with E-state index in [1.165, 1.54) is 0 Å². The third-order valence-corrected chi connectivity index (χ3v) is 2.26. The van der Waals surface area contributed by atoms with Gasteiger partial charge in [-0.25, -0.2) is 0 Å². The maximum absolute atomic E-state index is 9.33. The highest BCUT2D eigenvalue weighted by atomic mass is 16.3. The van der Waals surface area contributed by atoms with E-state index in [2.05, 4.69) is 5.10 Å². The first-order valence-corrected chi connectivity index (χ1v) is 4.58. The first-order chi connectivity index (χ1) is 6.72. The van der Waals surface area contributed by atoms with Crippen LogP contribution >= 0.6 is 0 Å². The van der Waals surface area contributed by atoms with E-state index in [-0.39, 0.29) is 5.75 Å². The minimum atomic E-state index is 0.271. The average Bonchev–Trinajstić information content (AvgIpc) is 2.44. The van der Waals surface area contributed by atoms with Crippen molar-refractivity contribution in [1.29, 1.82) is 0 Å². The van der Waals surface area contributed by atoms with Crippen molar-refractivity contribution in [3.05, 3.63) is 23.9 Å². The molecule has 0 aliphatic rings. The summed E-state index contributed by atoms with van der Waals surface area (Å²) in [7, 11) is 0. The van der Waals surface area contributed by atoms with E-state index in [1.807, 2.05) is 17.7 Å². The fourth-order valence-electron chi connectivity index (χ4n) is 1.62. The number of nitrogens with zero attached hydrogens (tertiary/aromatic N) is 2. The Morgan fingerprint density at radius 2 is 2.29 bits per heavy atom. The Morgan fingerprint density at radius 1 is 1.50 bits per heavy atom. The van der Waals surface area contributed by atoms with Crippen molar-refractivity contribution < 1.29 is 5.11 Å². The van der Waals surface area contributed by atoms with Gasteiger partial charge in [-0.2, -0.15) is 5.10 Å². The fourth-order valence-corrected chi connectivity index (χ4v) is 1.62. The summed E-state index contributed by atoms with van der Waals surface area (Å²) < 4.78 is 1.87. The van der Waals surface area contributed by atoms with Gasteiger partial charge in [0.05, 0.1) is 17.8 Å². The van der Waals surface area contributed by atoms with Gasteiger partial charge in [0.1, 0.15) is 5.75 Å². The molecule has 0 fully saturated rings. The van der Waals surface area contributed by atoms with Gasteiger partial charge in [0, 0.05) is 11.9 Å². The highest BCUT2D eigenvalue weighted by molar-refractivity contribution is 5.83. The van der Waals surface area contributed by atoms with Gasteiger partial charge in [0.15, 0.2) is 0 Å². The summed E-state index contributed by atoms with van der Waals surface area (Å²) >= 11 is 0. The second-order valence-corrected chi connectivity index (χ2v) is 3.30. The third kappa shape index (κ3) is 1.33. The standard InChI is InChI=1S/C10H13N3O/c1-7-9-6-8(14)2-3-10(9)13(12-7)5-4-11/h2-3,6,14H,4-5,11H2,1H3. The summed E-state index contributed by atoms with van der Waals surface area (Å²) in [5.41, 5.74) is 7.42. The highest BCUT2D eigenvalue weighted by Gasteiger charge is 2.06. The Morgan fingerprint density at radius 3 is 3.00 bits per heavy atom. The molecule has 1 aromatic heterocycles. The number of phenols is 1. The van der Waals surface area contributed by atoms with Gasteiger partial charge >= 0.3 is 0 Å². The largest absolute Gasteiger partial charge is 0.508 e. The fraction of sp³-hybridized carbons (Fsp3) is 0.300. The second-order valence-electron chi connectivity index (χ2n) is 3.30. The number of hydrogen-bond donors (Lipinski definition) is 2. The summed E-state index contributed by atoms with van der Waals surface area (Å²) in [6, 6.07) is 5.25. The van der Waals surface area contributed by atoms with Crippen LogP contribution in [0.5, 0.6) is 5.75 Å². The van der Waals surface area contributed by atoms with Crippen LogP contribution in [0.25, 0.3) is 10.9 Å². The van der Waals surface area contributed by atoms with E-state index in [4.69, 9.17) is 5.73 Å². The average molecular weight is 191 g/mol. The molecule has 4 nitrogen and oxygen atoms in total. The Labute approximate surface area is 81.9 Å². The van der Waals surface area contributed by atoms with Crippen LogP contribution < -0.4 is 5.73 Å². The number of phenolic OH excluding ortho intramolecular Hbond substituents is 1. The number of nitrogens with two attached hydrogens (primary N) is 1. The van der Waals surface area contributed by atoms with E-state index < -0.39 is 0 Å². The smallest absolute Gasteiger partial charge is 0.116 e. The number of benzene rings is 1. The van der Waals surface area contributed by atoms with E-state index in [0.717, 1.165) is 16.6 Å². The Bertz CT molecular complexity index is 462. The number of aromatic nitrogens is 2. The van der Waals surface area contributed by atoms with Crippen molar-refractivity contribution in [3.8, 4) is 5.75 Å². The number of aryl methyl sites for hydroxylation is 1. The Hall–Kier alpha value is -1.55. The van der Waals surface area contributed by atoms with Gasteiger partial charge < -0.3 is 10.8 Å². The van der Waals surface area contributed by atoms with Gasteiger partial charge in [0.2, 0.25) is 0 Å². The second kappa shape index (κ2) is 3.31. The molecule has 0 atom stereocenters. The number of rotatable bonds is 2. The summed E-state index contributed by atoms with van der Waals surface area (Å²) in [6.45, 7) is 3.20. The van der Waals surface area contributed by atoms with Crippen molar-refractivity contribution in [2.45, 2.75) is 13.5 Å². The first-order valence-electron chi connectivity index (χ1n) is 4.58. The molecule has 2 rings (SSSR count). The molecule has 3 N–H and O–H groups in total. The summed E-state index contributed by atoms with van der Waals surface area (Å²) in [6.07, 6.45) is 0.